The van der Waals surface area contributed by atoms with Gasteiger partial charge in [0.1, 0.15) is 17.3 Å². The van der Waals surface area contributed by atoms with E-state index in [1.165, 1.54) is 23.5 Å². The largest absolute Gasteiger partial charge is 0.333 e. The second-order valence-electron chi connectivity index (χ2n) is 5.25. The molecule has 1 atom stereocenters. The van der Waals surface area contributed by atoms with Crippen molar-refractivity contribution in [3.05, 3.63) is 40.5 Å². The van der Waals surface area contributed by atoms with Gasteiger partial charge in [0.05, 0.1) is 9.88 Å². The van der Waals surface area contributed by atoms with Crippen LogP contribution in [0, 0.1) is 18.6 Å². The third-order valence-corrected chi connectivity index (χ3v) is 4.76. The van der Waals surface area contributed by atoms with Crippen LogP contribution in [0.25, 0.3) is 10.4 Å². The lowest BCUT2D eigenvalue weighted by atomic mass is 10.0. The van der Waals surface area contributed by atoms with Crippen molar-refractivity contribution in [1.82, 2.24) is 9.88 Å². The molecule has 0 aliphatic carbocycles. The predicted molar refractivity (Wildman–Crippen MR) is 80.7 cm³/mol. The predicted octanol–water partition coefficient (Wildman–Crippen LogP) is 2.57. The van der Waals surface area contributed by atoms with Crippen LogP contribution in [-0.4, -0.2) is 34.9 Å². The highest BCUT2D eigenvalue weighted by atomic mass is 32.1. The van der Waals surface area contributed by atoms with Gasteiger partial charge in [-0.15, -0.1) is 11.3 Å². The minimum Gasteiger partial charge on any atom is -0.333 e. The van der Waals surface area contributed by atoms with Crippen molar-refractivity contribution in [2.24, 2.45) is 5.73 Å². The highest BCUT2D eigenvalue weighted by Crippen LogP contribution is 2.33. The molecule has 1 aromatic heterocycles. The van der Waals surface area contributed by atoms with Gasteiger partial charge >= 0.3 is 0 Å². The van der Waals surface area contributed by atoms with Gasteiger partial charge in [0.2, 0.25) is 0 Å². The highest BCUT2D eigenvalue weighted by molar-refractivity contribution is 7.15. The van der Waals surface area contributed by atoms with E-state index < -0.39 is 11.6 Å². The number of aryl methyl sites for hydroxylation is 1. The van der Waals surface area contributed by atoms with E-state index in [9.17, 15) is 13.6 Å². The molecule has 4 nitrogen and oxygen atoms in total. The molecular formula is C15H15F2N3OS. The van der Waals surface area contributed by atoms with E-state index in [1.54, 1.807) is 11.8 Å². The molecule has 1 amide bonds. The molecule has 116 valence electrons. The van der Waals surface area contributed by atoms with Crippen molar-refractivity contribution in [3.8, 4) is 10.4 Å². The smallest absolute Gasteiger partial charge is 0.274 e. The topological polar surface area (TPSA) is 59.2 Å². The minimum atomic E-state index is -0.678. The minimum absolute atomic E-state index is 0.0200. The van der Waals surface area contributed by atoms with Gasteiger partial charge in [0, 0.05) is 25.2 Å². The van der Waals surface area contributed by atoms with Crippen molar-refractivity contribution < 1.29 is 13.6 Å². The van der Waals surface area contributed by atoms with E-state index in [0.717, 1.165) is 12.5 Å². The van der Waals surface area contributed by atoms with Gasteiger partial charge in [-0.3, -0.25) is 4.79 Å². The van der Waals surface area contributed by atoms with E-state index in [-0.39, 0.29) is 17.6 Å². The van der Waals surface area contributed by atoms with Crippen LogP contribution in [0.2, 0.25) is 0 Å². The number of amides is 1. The molecule has 0 bridgehead atoms. The molecule has 0 radical (unpaired) electrons. The normalized spacial score (nSPS) is 17.5. The maximum Gasteiger partial charge on any atom is 0.274 e. The molecule has 1 aliphatic rings. The first kappa shape index (κ1) is 15.1. The van der Waals surface area contributed by atoms with Gasteiger partial charge in [-0.05, 0) is 31.0 Å². The van der Waals surface area contributed by atoms with E-state index in [4.69, 9.17) is 5.73 Å². The summed E-state index contributed by atoms with van der Waals surface area (Å²) >= 11 is 1.25. The molecule has 3 rings (SSSR count). The van der Waals surface area contributed by atoms with Crippen molar-refractivity contribution >= 4 is 17.2 Å². The van der Waals surface area contributed by atoms with Crippen LogP contribution in [0.1, 0.15) is 21.9 Å². The molecule has 7 heteroatoms. The molecule has 1 unspecified atom stereocenters. The van der Waals surface area contributed by atoms with Crippen LogP contribution < -0.4 is 5.73 Å². The van der Waals surface area contributed by atoms with E-state index >= 15 is 0 Å². The Kier molecular flexibility index (Phi) is 3.92. The van der Waals surface area contributed by atoms with Gasteiger partial charge in [-0.2, -0.15) is 0 Å². The highest BCUT2D eigenvalue weighted by Gasteiger charge is 2.34. The van der Waals surface area contributed by atoms with Crippen LogP contribution in [-0.2, 0) is 0 Å². The molecule has 22 heavy (non-hydrogen) atoms. The average molecular weight is 323 g/mol. The van der Waals surface area contributed by atoms with Crippen molar-refractivity contribution in [1.29, 1.82) is 0 Å². The van der Waals surface area contributed by atoms with Crippen molar-refractivity contribution in [3.63, 3.8) is 0 Å². The van der Waals surface area contributed by atoms with Gasteiger partial charge < -0.3 is 10.6 Å². The lowest BCUT2D eigenvalue weighted by molar-refractivity contribution is 0.0477. The molecule has 1 saturated heterocycles. The molecule has 1 aromatic carbocycles. The zero-order valence-corrected chi connectivity index (χ0v) is 12.8. The van der Waals surface area contributed by atoms with Gasteiger partial charge in [0.25, 0.3) is 5.91 Å². The fourth-order valence-corrected chi connectivity index (χ4v) is 3.44. The van der Waals surface area contributed by atoms with Crippen LogP contribution in [0.4, 0.5) is 8.78 Å². The van der Waals surface area contributed by atoms with Gasteiger partial charge in [-0.1, -0.05) is 0 Å². The van der Waals surface area contributed by atoms with E-state index in [1.807, 2.05) is 0 Å². The van der Waals surface area contributed by atoms with Crippen molar-refractivity contribution in [2.45, 2.75) is 19.4 Å². The maximum atomic E-state index is 13.4. The average Bonchev–Trinajstić information content (AvgIpc) is 2.79. The fourth-order valence-electron chi connectivity index (χ4n) is 2.54. The van der Waals surface area contributed by atoms with Crippen LogP contribution in [0.5, 0.6) is 0 Å². The molecular weight excluding hydrogens is 308 g/mol. The Bertz CT molecular complexity index is 709. The summed E-state index contributed by atoms with van der Waals surface area (Å²) in [6, 6.07) is 3.25. The zero-order chi connectivity index (χ0) is 15.9. The van der Waals surface area contributed by atoms with E-state index in [0.29, 0.717) is 28.5 Å². The van der Waals surface area contributed by atoms with Crippen LogP contribution in [0.3, 0.4) is 0 Å². The summed E-state index contributed by atoms with van der Waals surface area (Å²) in [6.45, 7) is 2.80. The third-order valence-electron chi connectivity index (χ3n) is 3.74. The number of likely N-dealkylation sites (tertiary alicyclic amines) is 1. The number of aromatic nitrogens is 1. The second kappa shape index (κ2) is 5.73. The number of nitrogens with zero attached hydrogens (tertiary/aromatic N) is 2. The summed E-state index contributed by atoms with van der Waals surface area (Å²) in [6.07, 6.45) is 0.870. The quantitative estimate of drug-likeness (QED) is 0.944. The Labute approximate surface area is 130 Å². The summed E-state index contributed by atoms with van der Waals surface area (Å²) in [5, 5.41) is 0.674. The van der Waals surface area contributed by atoms with Crippen LogP contribution in [0.15, 0.2) is 18.2 Å². The number of hydrogen-bond acceptors (Lipinski definition) is 4. The Morgan fingerprint density at radius 3 is 2.64 bits per heavy atom. The molecule has 1 fully saturated rings. The Morgan fingerprint density at radius 1 is 1.41 bits per heavy atom. The van der Waals surface area contributed by atoms with Gasteiger partial charge in [0.15, 0.2) is 0 Å². The van der Waals surface area contributed by atoms with Crippen molar-refractivity contribution in [2.75, 3.05) is 13.1 Å². The SMILES string of the molecule is Cc1nc(C(=O)N2CCC2CN)c(-c2cc(F)cc(F)c2)s1. The molecule has 2 N–H and O–H groups in total. The second-order valence-corrected chi connectivity index (χ2v) is 6.45. The molecule has 0 spiro atoms. The van der Waals surface area contributed by atoms with Crippen LogP contribution >= 0.6 is 11.3 Å². The fraction of sp³-hybridized carbons (Fsp3) is 0.333. The van der Waals surface area contributed by atoms with Gasteiger partial charge in [-0.25, -0.2) is 13.8 Å². The summed E-state index contributed by atoms with van der Waals surface area (Å²) < 4.78 is 26.9. The Morgan fingerprint density at radius 2 is 2.09 bits per heavy atom. The molecule has 2 heterocycles. The lowest BCUT2D eigenvalue weighted by Gasteiger charge is -2.40. The maximum absolute atomic E-state index is 13.4. The monoisotopic (exact) mass is 323 g/mol. The Balaban J connectivity index is 2.01. The number of carbonyl (C=O) groups is 1. The Hall–Kier alpha value is -1.86. The summed E-state index contributed by atoms with van der Waals surface area (Å²) in [5.41, 5.74) is 6.19. The molecule has 1 aliphatic heterocycles. The first-order valence-corrected chi connectivity index (χ1v) is 7.76. The number of benzene rings is 1. The number of nitrogens with two attached hydrogens (primary N) is 1. The molecule has 0 saturated carbocycles. The number of hydrogen-bond donors (Lipinski definition) is 1. The molecule has 2 aromatic rings. The number of rotatable bonds is 3. The third kappa shape index (κ3) is 2.62. The zero-order valence-electron chi connectivity index (χ0n) is 12.0. The number of carbonyl (C=O) groups excluding carboxylic acids is 1. The number of thiazole rings is 1. The first-order chi connectivity index (χ1) is 10.5. The summed E-state index contributed by atoms with van der Waals surface area (Å²) in [5.74, 6) is -1.59. The summed E-state index contributed by atoms with van der Waals surface area (Å²) in [4.78, 5) is 19.0. The van der Waals surface area contributed by atoms with E-state index in [2.05, 4.69) is 4.98 Å². The number of halogens is 2. The summed E-state index contributed by atoms with van der Waals surface area (Å²) in [7, 11) is 0. The lowest BCUT2D eigenvalue weighted by Crippen LogP contribution is -2.54. The standard InChI is InChI=1S/C15H15F2N3OS/c1-8-19-13(15(21)20-3-2-12(20)7-18)14(22-8)9-4-10(16)6-11(17)5-9/h4-6,12H,2-3,7,18H2,1H3. The first-order valence-electron chi connectivity index (χ1n) is 6.94.